The summed E-state index contributed by atoms with van der Waals surface area (Å²) in [5.74, 6) is 2.91. The van der Waals surface area contributed by atoms with Gasteiger partial charge < -0.3 is 29.5 Å². The van der Waals surface area contributed by atoms with Gasteiger partial charge in [0.25, 0.3) is 0 Å². The first-order valence-electron chi connectivity index (χ1n) is 11.0. The van der Waals surface area contributed by atoms with Crippen LogP contribution in [0.1, 0.15) is 26.5 Å². The second kappa shape index (κ2) is 8.80. The van der Waals surface area contributed by atoms with E-state index in [-0.39, 0.29) is 12.2 Å². The second-order valence-corrected chi connectivity index (χ2v) is 10.3. The summed E-state index contributed by atoms with van der Waals surface area (Å²) < 4.78 is 19.1. The Balaban J connectivity index is 1.53. The highest BCUT2D eigenvalue weighted by Crippen LogP contribution is 2.44. The van der Waals surface area contributed by atoms with Crippen molar-refractivity contribution in [3.05, 3.63) is 30.4 Å². The number of benzene rings is 1. The fourth-order valence-electron chi connectivity index (χ4n) is 3.62. The molecule has 178 valence electrons. The topological polar surface area (TPSA) is 126 Å². The Morgan fingerprint density at radius 3 is 2.68 bits per heavy atom. The molecule has 11 heteroatoms. The molecule has 5 rings (SSSR count). The monoisotopic (exact) mass is 481 g/mol. The van der Waals surface area contributed by atoms with Crippen LogP contribution in [0.5, 0.6) is 11.5 Å². The van der Waals surface area contributed by atoms with E-state index in [9.17, 15) is 0 Å². The number of imidazole rings is 1. The fourth-order valence-corrected chi connectivity index (χ4v) is 4.66. The Kier molecular flexibility index (Phi) is 5.82. The van der Waals surface area contributed by atoms with Crippen LogP contribution in [0.25, 0.3) is 22.6 Å². The molecule has 1 aliphatic rings. The third-order valence-electron chi connectivity index (χ3n) is 5.22. The molecule has 0 saturated heterocycles. The van der Waals surface area contributed by atoms with E-state index in [4.69, 9.17) is 24.6 Å². The van der Waals surface area contributed by atoms with Crippen LogP contribution in [0, 0.1) is 12.3 Å². The maximum atomic E-state index is 6.13. The Hall–Kier alpha value is -3.31. The van der Waals surface area contributed by atoms with Crippen LogP contribution in [-0.4, -0.2) is 44.4 Å². The highest BCUT2D eigenvalue weighted by molar-refractivity contribution is 7.99. The van der Waals surface area contributed by atoms with Gasteiger partial charge in [0.1, 0.15) is 12.1 Å². The van der Waals surface area contributed by atoms with Crippen LogP contribution < -0.4 is 20.5 Å². The van der Waals surface area contributed by atoms with Gasteiger partial charge in [-0.25, -0.2) is 19.9 Å². The van der Waals surface area contributed by atoms with Crippen LogP contribution in [-0.2, 0) is 6.54 Å². The van der Waals surface area contributed by atoms with Crippen molar-refractivity contribution in [2.75, 3.05) is 25.6 Å². The number of fused-ring (bicyclic) bond motifs is 2. The van der Waals surface area contributed by atoms with Gasteiger partial charge in [-0.15, -0.1) is 0 Å². The molecule has 4 aromatic rings. The standard InChI is InChI=1S/C23H27N7O3S/c1-13-9-26-21(33-13)14-7-15-16(32-12-31-15)8-17(14)34-22-29-18-19(24)27-11-28-20(18)30(22)6-5-25-10-23(2,3)4/h7-9,11,25H,5-6,10,12H2,1-4H3,(H2,24,27,28). The molecule has 0 saturated carbocycles. The molecule has 10 nitrogen and oxygen atoms in total. The van der Waals surface area contributed by atoms with Gasteiger partial charge in [-0.3, -0.25) is 0 Å². The highest BCUT2D eigenvalue weighted by atomic mass is 32.2. The first kappa shape index (κ1) is 22.5. The molecular formula is C23H27N7O3S. The van der Waals surface area contributed by atoms with Crippen molar-refractivity contribution in [3.63, 3.8) is 0 Å². The molecule has 1 aromatic carbocycles. The van der Waals surface area contributed by atoms with Crippen molar-refractivity contribution in [1.29, 1.82) is 0 Å². The molecule has 0 unspecified atom stereocenters. The molecule has 0 spiro atoms. The van der Waals surface area contributed by atoms with E-state index in [2.05, 4.69) is 45.6 Å². The zero-order chi connectivity index (χ0) is 23.9. The molecule has 3 aromatic heterocycles. The minimum atomic E-state index is 0.178. The van der Waals surface area contributed by atoms with Gasteiger partial charge >= 0.3 is 0 Å². The van der Waals surface area contributed by atoms with Crippen molar-refractivity contribution in [2.24, 2.45) is 5.41 Å². The van der Waals surface area contributed by atoms with Crippen molar-refractivity contribution in [1.82, 2.24) is 29.8 Å². The van der Waals surface area contributed by atoms with Crippen molar-refractivity contribution in [3.8, 4) is 23.0 Å². The fraction of sp³-hybridized carbons (Fsp3) is 0.391. The summed E-state index contributed by atoms with van der Waals surface area (Å²) in [5, 5.41) is 4.25. The van der Waals surface area contributed by atoms with Crippen LogP contribution in [0.4, 0.5) is 5.82 Å². The van der Waals surface area contributed by atoms with Crippen molar-refractivity contribution in [2.45, 2.75) is 44.3 Å². The van der Waals surface area contributed by atoms with Gasteiger partial charge in [-0.1, -0.05) is 32.5 Å². The van der Waals surface area contributed by atoms with Gasteiger partial charge in [0, 0.05) is 24.5 Å². The molecule has 0 fully saturated rings. The summed E-state index contributed by atoms with van der Waals surface area (Å²) in [5.41, 5.74) is 8.39. The highest BCUT2D eigenvalue weighted by Gasteiger charge is 2.24. The average Bonchev–Trinajstić information content (AvgIpc) is 3.49. The third kappa shape index (κ3) is 4.53. The number of hydrogen-bond acceptors (Lipinski definition) is 10. The number of oxazole rings is 1. The molecule has 1 aliphatic heterocycles. The molecule has 0 radical (unpaired) electrons. The number of hydrogen-bond donors (Lipinski definition) is 2. The minimum absolute atomic E-state index is 0.178. The summed E-state index contributed by atoms with van der Waals surface area (Å²) >= 11 is 1.47. The van der Waals surface area contributed by atoms with Crippen LogP contribution in [0.3, 0.4) is 0 Å². The number of nitrogens with zero attached hydrogens (tertiary/aromatic N) is 5. The Labute approximate surface area is 201 Å². The molecule has 0 aliphatic carbocycles. The number of aromatic nitrogens is 5. The summed E-state index contributed by atoms with van der Waals surface area (Å²) in [4.78, 5) is 18.7. The maximum Gasteiger partial charge on any atom is 0.231 e. The molecule has 0 amide bonds. The van der Waals surface area contributed by atoms with Gasteiger partial charge in [0.15, 0.2) is 33.6 Å². The van der Waals surface area contributed by atoms with E-state index >= 15 is 0 Å². The van der Waals surface area contributed by atoms with E-state index in [1.807, 2.05) is 19.1 Å². The third-order valence-corrected chi connectivity index (χ3v) is 6.27. The quantitative estimate of drug-likeness (QED) is 0.375. The molecule has 0 bridgehead atoms. The number of ether oxygens (including phenoxy) is 2. The first-order valence-corrected chi connectivity index (χ1v) is 11.8. The average molecular weight is 482 g/mol. The summed E-state index contributed by atoms with van der Waals surface area (Å²) in [6.45, 7) is 11.0. The van der Waals surface area contributed by atoms with E-state index < -0.39 is 0 Å². The van der Waals surface area contributed by atoms with E-state index in [1.165, 1.54) is 18.1 Å². The van der Waals surface area contributed by atoms with Gasteiger partial charge in [-0.05, 0) is 24.5 Å². The first-order chi connectivity index (χ1) is 16.3. The summed E-state index contributed by atoms with van der Waals surface area (Å²) in [6, 6.07) is 3.82. The maximum absolute atomic E-state index is 6.13. The number of anilines is 1. The summed E-state index contributed by atoms with van der Waals surface area (Å²) in [7, 11) is 0. The lowest BCUT2D eigenvalue weighted by Crippen LogP contribution is -2.29. The normalized spacial score (nSPS) is 13.2. The lowest BCUT2D eigenvalue weighted by Gasteiger charge is -2.19. The predicted molar refractivity (Wildman–Crippen MR) is 129 cm³/mol. The molecule has 4 heterocycles. The number of rotatable bonds is 7. The largest absolute Gasteiger partial charge is 0.454 e. The lowest BCUT2D eigenvalue weighted by molar-refractivity contribution is 0.174. The van der Waals surface area contributed by atoms with Crippen LogP contribution in [0.2, 0.25) is 0 Å². The zero-order valence-corrected chi connectivity index (χ0v) is 20.4. The number of nitrogens with one attached hydrogen (secondary N) is 1. The molecule has 3 N–H and O–H groups in total. The van der Waals surface area contributed by atoms with Crippen LogP contribution >= 0.6 is 11.8 Å². The molecule has 34 heavy (non-hydrogen) atoms. The number of nitrogen functional groups attached to an aromatic ring is 1. The number of nitrogens with two attached hydrogens (primary N) is 1. The van der Waals surface area contributed by atoms with Gasteiger partial charge in [0.2, 0.25) is 12.7 Å². The smallest absolute Gasteiger partial charge is 0.231 e. The second-order valence-electron chi connectivity index (χ2n) is 9.29. The Morgan fingerprint density at radius 2 is 1.94 bits per heavy atom. The minimum Gasteiger partial charge on any atom is -0.454 e. The lowest BCUT2D eigenvalue weighted by atomic mass is 9.97. The Bertz CT molecular complexity index is 1340. The van der Waals surface area contributed by atoms with Crippen molar-refractivity contribution < 1.29 is 13.9 Å². The molecular weight excluding hydrogens is 454 g/mol. The Morgan fingerprint density at radius 1 is 1.15 bits per heavy atom. The summed E-state index contributed by atoms with van der Waals surface area (Å²) in [6.07, 6.45) is 3.16. The van der Waals surface area contributed by atoms with Gasteiger partial charge in [0.05, 0.1) is 11.8 Å². The van der Waals surface area contributed by atoms with Crippen LogP contribution in [0.15, 0.2) is 39.1 Å². The number of aryl methyl sites for hydroxylation is 1. The van der Waals surface area contributed by atoms with Crippen molar-refractivity contribution >= 4 is 28.7 Å². The van der Waals surface area contributed by atoms with E-state index in [0.717, 1.165) is 34.5 Å². The van der Waals surface area contributed by atoms with E-state index in [1.54, 1.807) is 6.20 Å². The zero-order valence-electron chi connectivity index (χ0n) is 19.6. The molecule has 0 atom stereocenters. The predicted octanol–water partition coefficient (Wildman–Crippen LogP) is 3.89. The van der Waals surface area contributed by atoms with Gasteiger partial charge in [-0.2, -0.15) is 0 Å². The SMILES string of the molecule is Cc1cnc(-c2cc3c(cc2Sc2nc4c(N)ncnc4n2CCNCC(C)(C)C)OCO3)o1. The van der Waals surface area contributed by atoms with E-state index in [0.29, 0.717) is 40.9 Å².